The number of benzene rings is 1. The summed E-state index contributed by atoms with van der Waals surface area (Å²) >= 11 is 0. The van der Waals surface area contributed by atoms with Gasteiger partial charge in [0.1, 0.15) is 5.75 Å². The average Bonchev–Trinajstić information content (AvgIpc) is 2.45. The topological polar surface area (TPSA) is 90.1 Å². The molecule has 1 aromatic heterocycles. The van der Waals surface area contributed by atoms with Gasteiger partial charge in [-0.15, -0.1) is 0 Å². The summed E-state index contributed by atoms with van der Waals surface area (Å²) in [5.41, 5.74) is 6.44. The minimum Gasteiger partial charge on any atom is -0.439 e. The normalized spacial score (nSPS) is 10.2. The second-order valence-corrected chi connectivity index (χ2v) is 4.59. The summed E-state index contributed by atoms with van der Waals surface area (Å²) in [7, 11) is 0. The Hall–Kier alpha value is -2.63. The molecular formula is C15H18N4O2. The Labute approximate surface area is 123 Å². The lowest BCUT2D eigenvalue weighted by molar-refractivity contribution is 0.100. The van der Waals surface area contributed by atoms with Crippen LogP contribution in [0.25, 0.3) is 0 Å². The van der Waals surface area contributed by atoms with E-state index in [1.165, 1.54) is 0 Å². The van der Waals surface area contributed by atoms with Crippen molar-refractivity contribution in [3.05, 3.63) is 41.6 Å². The number of carbonyl (C=O) groups is 1. The van der Waals surface area contributed by atoms with Gasteiger partial charge in [-0.3, -0.25) is 4.79 Å². The van der Waals surface area contributed by atoms with Crippen molar-refractivity contribution in [3.8, 4) is 11.6 Å². The molecule has 2 aromatic rings. The molecule has 2 rings (SSSR count). The van der Waals surface area contributed by atoms with Crippen LogP contribution in [-0.2, 0) is 0 Å². The Kier molecular flexibility index (Phi) is 4.71. The van der Waals surface area contributed by atoms with E-state index in [0.29, 0.717) is 23.1 Å². The molecule has 0 bridgehead atoms. The van der Waals surface area contributed by atoms with Crippen molar-refractivity contribution in [1.82, 2.24) is 9.97 Å². The molecule has 0 aliphatic rings. The number of carbonyl (C=O) groups excluding carboxylic acids is 1. The lowest BCUT2D eigenvalue weighted by Crippen LogP contribution is -2.10. The van der Waals surface area contributed by atoms with Crippen LogP contribution in [0.4, 0.5) is 5.95 Å². The standard InChI is InChI=1S/C15H18N4O2/c1-3-8-17-15-18-10(2)9-13(19-15)21-12-6-4-11(5-7-12)14(16)20/h4-7,9H,3,8H2,1-2H3,(H2,16,20)(H,17,18,19). The molecule has 0 saturated carbocycles. The van der Waals surface area contributed by atoms with Crippen LogP contribution in [0.2, 0.25) is 0 Å². The molecule has 1 heterocycles. The monoisotopic (exact) mass is 286 g/mol. The fraction of sp³-hybridized carbons (Fsp3) is 0.267. The van der Waals surface area contributed by atoms with Crippen LogP contribution in [0.5, 0.6) is 11.6 Å². The summed E-state index contributed by atoms with van der Waals surface area (Å²) in [6.07, 6.45) is 0.988. The highest BCUT2D eigenvalue weighted by Crippen LogP contribution is 2.21. The summed E-state index contributed by atoms with van der Waals surface area (Å²) < 4.78 is 5.67. The van der Waals surface area contributed by atoms with Gasteiger partial charge in [-0.25, -0.2) is 4.98 Å². The number of amides is 1. The highest BCUT2D eigenvalue weighted by Gasteiger charge is 2.05. The number of hydrogen-bond donors (Lipinski definition) is 2. The number of nitrogens with two attached hydrogens (primary N) is 1. The minimum atomic E-state index is -0.467. The molecule has 1 amide bonds. The zero-order valence-electron chi connectivity index (χ0n) is 12.1. The van der Waals surface area contributed by atoms with Crippen molar-refractivity contribution in [2.45, 2.75) is 20.3 Å². The summed E-state index contributed by atoms with van der Waals surface area (Å²) in [6, 6.07) is 8.33. The van der Waals surface area contributed by atoms with Gasteiger partial charge in [-0.2, -0.15) is 4.98 Å². The van der Waals surface area contributed by atoms with Crippen molar-refractivity contribution in [3.63, 3.8) is 0 Å². The number of primary amides is 1. The lowest BCUT2D eigenvalue weighted by atomic mass is 10.2. The number of hydrogen-bond acceptors (Lipinski definition) is 5. The molecule has 3 N–H and O–H groups in total. The van der Waals surface area contributed by atoms with E-state index in [1.54, 1.807) is 30.3 Å². The third kappa shape index (κ3) is 4.17. The van der Waals surface area contributed by atoms with Gasteiger partial charge in [0.15, 0.2) is 0 Å². The van der Waals surface area contributed by atoms with Crippen LogP contribution in [0.3, 0.4) is 0 Å². The fourth-order valence-electron chi connectivity index (χ4n) is 1.72. The third-order valence-corrected chi connectivity index (χ3v) is 2.73. The number of rotatable bonds is 6. The van der Waals surface area contributed by atoms with Gasteiger partial charge >= 0.3 is 0 Å². The van der Waals surface area contributed by atoms with Crippen molar-refractivity contribution < 1.29 is 9.53 Å². The maximum absolute atomic E-state index is 11.0. The molecular weight excluding hydrogens is 268 g/mol. The van der Waals surface area contributed by atoms with Crippen LogP contribution < -0.4 is 15.8 Å². The maximum atomic E-state index is 11.0. The fourth-order valence-corrected chi connectivity index (χ4v) is 1.72. The van der Waals surface area contributed by atoms with E-state index in [4.69, 9.17) is 10.5 Å². The molecule has 0 atom stereocenters. The second-order valence-electron chi connectivity index (χ2n) is 4.59. The first-order chi connectivity index (χ1) is 10.1. The Bertz CT molecular complexity index is 626. The SMILES string of the molecule is CCCNc1nc(C)cc(Oc2ccc(C(N)=O)cc2)n1. The summed E-state index contributed by atoms with van der Waals surface area (Å²) in [5.74, 6) is 1.11. The molecule has 6 heteroatoms. The predicted octanol–water partition coefficient (Wildman–Crippen LogP) is 2.50. The van der Waals surface area contributed by atoms with Crippen molar-refractivity contribution in [2.24, 2.45) is 5.73 Å². The van der Waals surface area contributed by atoms with E-state index in [0.717, 1.165) is 18.7 Å². The Morgan fingerprint density at radius 1 is 1.29 bits per heavy atom. The molecule has 21 heavy (non-hydrogen) atoms. The van der Waals surface area contributed by atoms with E-state index in [9.17, 15) is 4.79 Å². The summed E-state index contributed by atoms with van der Waals surface area (Å²) in [6.45, 7) is 4.75. The van der Waals surface area contributed by atoms with Crippen LogP contribution in [0.1, 0.15) is 29.4 Å². The molecule has 0 radical (unpaired) electrons. The van der Waals surface area contributed by atoms with Gasteiger partial charge in [-0.1, -0.05) is 6.92 Å². The van der Waals surface area contributed by atoms with Gasteiger partial charge in [0.25, 0.3) is 0 Å². The maximum Gasteiger partial charge on any atom is 0.248 e. The molecule has 0 aliphatic heterocycles. The zero-order valence-corrected chi connectivity index (χ0v) is 12.1. The van der Waals surface area contributed by atoms with Gasteiger partial charge < -0.3 is 15.8 Å². The number of aryl methyl sites for hydroxylation is 1. The highest BCUT2D eigenvalue weighted by molar-refractivity contribution is 5.92. The largest absolute Gasteiger partial charge is 0.439 e. The first-order valence-corrected chi connectivity index (χ1v) is 6.75. The molecule has 1 aromatic carbocycles. The quantitative estimate of drug-likeness (QED) is 0.851. The molecule has 0 aliphatic carbocycles. The number of nitrogens with zero attached hydrogens (tertiary/aromatic N) is 2. The average molecular weight is 286 g/mol. The summed E-state index contributed by atoms with van der Waals surface area (Å²) in [4.78, 5) is 19.6. The molecule has 0 unspecified atom stereocenters. The zero-order chi connectivity index (χ0) is 15.2. The van der Waals surface area contributed by atoms with Crippen LogP contribution in [0.15, 0.2) is 30.3 Å². The van der Waals surface area contributed by atoms with Crippen LogP contribution in [0, 0.1) is 6.92 Å². The van der Waals surface area contributed by atoms with Gasteiger partial charge in [0.2, 0.25) is 17.7 Å². The highest BCUT2D eigenvalue weighted by atomic mass is 16.5. The minimum absolute atomic E-state index is 0.437. The number of nitrogens with one attached hydrogen (secondary N) is 1. The van der Waals surface area contributed by atoms with E-state index < -0.39 is 5.91 Å². The van der Waals surface area contributed by atoms with E-state index in [-0.39, 0.29) is 0 Å². The second kappa shape index (κ2) is 6.69. The molecule has 0 saturated heterocycles. The number of ether oxygens (including phenoxy) is 1. The van der Waals surface area contributed by atoms with Crippen LogP contribution >= 0.6 is 0 Å². The number of aromatic nitrogens is 2. The first kappa shape index (κ1) is 14.8. The smallest absolute Gasteiger partial charge is 0.248 e. The molecule has 0 spiro atoms. The number of anilines is 1. The van der Waals surface area contributed by atoms with Gasteiger partial charge in [-0.05, 0) is 37.6 Å². The van der Waals surface area contributed by atoms with E-state index in [1.807, 2.05) is 6.92 Å². The Morgan fingerprint density at radius 3 is 2.62 bits per heavy atom. The predicted molar refractivity (Wildman–Crippen MR) is 80.6 cm³/mol. The van der Waals surface area contributed by atoms with Crippen molar-refractivity contribution >= 4 is 11.9 Å². The Morgan fingerprint density at radius 2 is 2.00 bits per heavy atom. The molecule has 0 fully saturated rings. The van der Waals surface area contributed by atoms with E-state index >= 15 is 0 Å². The van der Waals surface area contributed by atoms with E-state index in [2.05, 4.69) is 22.2 Å². The molecule has 6 nitrogen and oxygen atoms in total. The van der Waals surface area contributed by atoms with Crippen molar-refractivity contribution in [2.75, 3.05) is 11.9 Å². The Balaban J connectivity index is 2.14. The first-order valence-electron chi connectivity index (χ1n) is 6.75. The lowest BCUT2D eigenvalue weighted by Gasteiger charge is -2.09. The van der Waals surface area contributed by atoms with Crippen LogP contribution in [-0.4, -0.2) is 22.4 Å². The van der Waals surface area contributed by atoms with Crippen molar-refractivity contribution in [1.29, 1.82) is 0 Å². The van der Waals surface area contributed by atoms with Gasteiger partial charge in [0.05, 0.1) is 0 Å². The third-order valence-electron chi connectivity index (χ3n) is 2.73. The molecule has 110 valence electrons. The van der Waals surface area contributed by atoms with Gasteiger partial charge in [0, 0.05) is 23.9 Å². The summed E-state index contributed by atoms with van der Waals surface area (Å²) in [5, 5.41) is 3.12.